The molecular formula is C20H27N3O7. The van der Waals surface area contributed by atoms with Gasteiger partial charge in [0.25, 0.3) is 11.8 Å². The minimum absolute atomic E-state index is 0.00399. The molecule has 0 aromatic heterocycles. The van der Waals surface area contributed by atoms with Gasteiger partial charge in [-0.3, -0.25) is 24.1 Å². The number of carbonyl (C=O) groups excluding carboxylic acids is 3. The van der Waals surface area contributed by atoms with E-state index in [1.165, 1.54) is 19.1 Å². The number of nitrogens with one attached hydrogen (secondary N) is 1. The molecule has 0 radical (unpaired) electrons. The van der Waals surface area contributed by atoms with Crippen LogP contribution in [-0.2, 0) is 14.3 Å². The van der Waals surface area contributed by atoms with E-state index in [4.69, 9.17) is 14.6 Å². The number of rotatable bonds is 12. The van der Waals surface area contributed by atoms with Gasteiger partial charge in [-0.05, 0) is 32.6 Å². The fourth-order valence-electron chi connectivity index (χ4n) is 2.87. The fourth-order valence-corrected chi connectivity index (χ4v) is 2.87. The molecule has 0 spiro atoms. The van der Waals surface area contributed by atoms with Crippen LogP contribution in [0.3, 0.4) is 0 Å². The summed E-state index contributed by atoms with van der Waals surface area (Å²) < 4.78 is 11.2. The van der Waals surface area contributed by atoms with Gasteiger partial charge in [-0.1, -0.05) is 0 Å². The number of likely N-dealkylation sites (N-methyl/N-ethyl adjacent to an activating group) is 1. The fraction of sp³-hybridized carbons (Fsp3) is 0.500. The topological polar surface area (TPSA) is 125 Å². The van der Waals surface area contributed by atoms with E-state index in [2.05, 4.69) is 5.32 Å². The molecular weight excluding hydrogens is 394 g/mol. The third-order valence-corrected chi connectivity index (χ3v) is 4.32. The van der Waals surface area contributed by atoms with Gasteiger partial charge in [0.05, 0.1) is 30.0 Å². The average molecular weight is 421 g/mol. The monoisotopic (exact) mass is 421 g/mol. The van der Waals surface area contributed by atoms with E-state index >= 15 is 0 Å². The summed E-state index contributed by atoms with van der Waals surface area (Å²) in [5.41, 5.74) is 0.588. The van der Waals surface area contributed by atoms with Crippen molar-refractivity contribution in [3.63, 3.8) is 0 Å². The quantitative estimate of drug-likeness (QED) is 0.379. The predicted molar refractivity (Wildman–Crippen MR) is 108 cm³/mol. The van der Waals surface area contributed by atoms with E-state index in [-0.39, 0.29) is 54.5 Å². The van der Waals surface area contributed by atoms with E-state index in [1.807, 2.05) is 19.0 Å². The number of anilines is 1. The number of benzene rings is 1. The standard InChI is InChI=1S/C20H27N3O7/c1-13(24)21-16-11-14-15(12-17(16)30-10-9-29-8-7-22(2)3)20(28)23(19(14)27)6-4-5-18(25)26/h11-12H,4-10H2,1-3H3,(H,21,24)(H,25,26). The normalized spacial score (nSPS) is 13.0. The zero-order valence-electron chi connectivity index (χ0n) is 17.4. The number of fused-ring (bicyclic) bond motifs is 1. The first-order chi connectivity index (χ1) is 14.2. The van der Waals surface area contributed by atoms with E-state index in [9.17, 15) is 19.2 Å². The largest absolute Gasteiger partial charge is 0.489 e. The number of hydrogen-bond donors (Lipinski definition) is 2. The first-order valence-corrected chi connectivity index (χ1v) is 9.59. The van der Waals surface area contributed by atoms with Crippen molar-refractivity contribution in [2.24, 2.45) is 0 Å². The molecule has 164 valence electrons. The molecule has 1 aliphatic rings. The van der Waals surface area contributed by atoms with Gasteiger partial charge >= 0.3 is 5.97 Å². The van der Waals surface area contributed by atoms with Crippen molar-refractivity contribution < 1.29 is 33.8 Å². The Labute approximate surface area is 174 Å². The smallest absolute Gasteiger partial charge is 0.303 e. The Morgan fingerprint density at radius 1 is 1.10 bits per heavy atom. The molecule has 2 rings (SSSR count). The Hall–Kier alpha value is -2.98. The SMILES string of the molecule is CC(=O)Nc1cc2c(cc1OCCOCCN(C)C)C(=O)N(CCCC(=O)O)C2=O. The highest BCUT2D eigenvalue weighted by Crippen LogP contribution is 2.34. The Morgan fingerprint density at radius 2 is 1.77 bits per heavy atom. The Bertz CT molecular complexity index is 823. The van der Waals surface area contributed by atoms with Gasteiger partial charge < -0.3 is 24.8 Å². The molecule has 0 aliphatic carbocycles. The number of carbonyl (C=O) groups is 4. The zero-order valence-corrected chi connectivity index (χ0v) is 17.4. The molecule has 1 heterocycles. The number of amides is 3. The minimum atomic E-state index is -0.997. The Balaban J connectivity index is 2.11. The molecule has 0 saturated heterocycles. The van der Waals surface area contributed by atoms with E-state index in [0.717, 1.165) is 11.4 Å². The summed E-state index contributed by atoms with van der Waals surface area (Å²) in [7, 11) is 3.88. The zero-order chi connectivity index (χ0) is 22.3. The molecule has 3 amide bonds. The second-order valence-electron chi connectivity index (χ2n) is 7.10. The van der Waals surface area contributed by atoms with Crippen LogP contribution in [0, 0.1) is 0 Å². The highest BCUT2D eigenvalue weighted by Gasteiger charge is 2.36. The number of carboxylic acids is 1. The maximum Gasteiger partial charge on any atom is 0.303 e. The summed E-state index contributed by atoms with van der Waals surface area (Å²) in [6.45, 7) is 3.15. The van der Waals surface area contributed by atoms with Gasteiger partial charge in [-0.2, -0.15) is 0 Å². The Kier molecular flexibility index (Phi) is 8.31. The van der Waals surface area contributed by atoms with Crippen molar-refractivity contribution in [2.75, 3.05) is 52.3 Å². The maximum atomic E-state index is 12.6. The lowest BCUT2D eigenvalue weighted by Crippen LogP contribution is -2.31. The van der Waals surface area contributed by atoms with Gasteiger partial charge in [0.2, 0.25) is 5.91 Å². The lowest BCUT2D eigenvalue weighted by atomic mass is 10.1. The molecule has 1 aromatic carbocycles. The molecule has 10 nitrogen and oxygen atoms in total. The van der Waals surface area contributed by atoms with E-state index < -0.39 is 17.8 Å². The molecule has 1 aliphatic heterocycles. The number of ether oxygens (including phenoxy) is 2. The molecule has 10 heteroatoms. The van der Waals surface area contributed by atoms with Gasteiger partial charge in [0.15, 0.2) is 0 Å². The first kappa shape index (κ1) is 23.3. The van der Waals surface area contributed by atoms with Crippen LogP contribution in [-0.4, -0.2) is 85.6 Å². The third-order valence-electron chi connectivity index (χ3n) is 4.32. The van der Waals surface area contributed by atoms with Crippen molar-refractivity contribution in [1.29, 1.82) is 0 Å². The molecule has 0 bridgehead atoms. The van der Waals surface area contributed by atoms with Crippen LogP contribution in [0.1, 0.15) is 40.5 Å². The van der Waals surface area contributed by atoms with Crippen LogP contribution in [0.25, 0.3) is 0 Å². The number of imide groups is 1. The van der Waals surface area contributed by atoms with Crippen LogP contribution < -0.4 is 10.1 Å². The minimum Gasteiger partial charge on any atom is -0.489 e. The average Bonchev–Trinajstić information content (AvgIpc) is 2.88. The van der Waals surface area contributed by atoms with Crippen LogP contribution in [0.4, 0.5) is 5.69 Å². The van der Waals surface area contributed by atoms with Crippen molar-refractivity contribution in [1.82, 2.24) is 9.80 Å². The third kappa shape index (κ3) is 6.26. The maximum absolute atomic E-state index is 12.6. The summed E-state index contributed by atoms with van der Waals surface area (Å²) in [5, 5.41) is 11.4. The van der Waals surface area contributed by atoms with Gasteiger partial charge in [-0.15, -0.1) is 0 Å². The van der Waals surface area contributed by atoms with Gasteiger partial charge in [0.1, 0.15) is 12.4 Å². The summed E-state index contributed by atoms with van der Waals surface area (Å²) in [4.78, 5) is 50.5. The highest BCUT2D eigenvalue weighted by atomic mass is 16.5. The second-order valence-corrected chi connectivity index (χ2v) is 7.10. The van der Waals surface area contributed by atoms with Crippen molar-refractivity contribution in [2.45, 2.75) is 19.8 Å². The van der Waals surface area contributed by atoms with Gasteiger partial charge in [-0.25, -0.2) is 0 Å². The van der Waals surface area contributed by atoms with Crippen LogP contribution in [0.2, 0.25) is 0 Å². The molecule has 1 aromatic rings. The number of nitrogens with zero attached hydrogens (tertiary/aromatic N) is 2. The summed E-state index contributed by atoms with van der Waals surface area (Å²) >= 11 is 0. The molecule has 0 unspecified atom stereocenters. The Morgan fingerprint density at radius 3 is 2.37 bits per heavy atom. The van der Waals surface area contributed by atoms with Crippen molar-refractivity contribution in [3.8, 4) is 5.75 Å². The number of hydrogen-bond acceptors (Lipinski definition) is 7. The van der Waals surface area contributed by atoms with Crippen LogP contribution in [0.15, 0.2) is 12.1 Å². The van der Waals surface area contributed by atoms with Crippen molar-refractivity contribution >= 4 is 29.4 Å². The molecule has 2 N–H and O–H groups in total. The number of aliphatic carboxylic acids is 1. The van der Waals surface area contributed by atoms with Crippen LogP contribution in [0.5, 0.6) is 5.75 Å². The summed E-state index contributed by atoms with van der Waals surface area (Å²) in [5.74, 6) is -2.12. The molecule has 0 atom stereocenters. The molecule has 30 heavy (non-hydrogen) atoms. The first-order valence-electron chi connectivity index (χ1n) is 9.59. The lowest BCUT2D eigenvalue weighted by Gasteiger charge is -2.14. The predicted octanol–water partition coefficient (Wildman–Crippen LogP) is 1.06. The summed E-state index contributed by atoms with van der Waals surface area (Å²) in [6.07, 6.45) is 0.0136. The highest BCUT2D eigenvalue weighted by molar-refractivity contribution is 6.22. The molecule has 0 saturated carbocycles. The molecule has 0 fully saturated rings. The lowest BCUT2D eigenvalue weighted by molar-refractivity contribution is -0.137. The number of carboxylic acid groups (broad SMARTS) is 1. The van der Waals surface area contributed by atoms with Crippen LogP contribution >= 0.6 is 0 Å². The summed E-state index contributed by atoms with van der Waals surface area (Å²) in [6, 6.07) is 2.84. The van der Waals surface area contributed by atoms with E-state index in [0.29, 0.717) is 13.2 Å². The second kappa shape index (κ2) is 10.7. The van der Waals surface area contributed by atoms with E-state index in [1.54, 1.807) is 0 Å². The van der Waals surface area contributed by atoms with Crippen molar-refractivity contribution in [3.05, 3.63) is 23.3 Å². The van der Waals surface area contributed by atoms with Gasteiger partial charge in [0, 0.05) is 26.4 Å².